The molecule has 1 atom stereocenters. The molecule has 0 saturated heterocycles. The van der Waals surface area contributed by atoms with Crippen molar-refractivity contribution in [3.8, 4) is 0 Å². The van der Waals surface area contributed by atoms with Crippen molar-refractivity contribution in [2.45, 2.75) is 32.7 Å². The third-order valence-corrected chi connectivity index (χ3v) is 4.24. The van der Waals surface area contributed by atoms with Gasteiger partial charge in [-0.1, -0.05) is 6.92 Å². The van der Waals surface area contributed by atoms with Crippen molar-refractivity contribution < 1.29 is 14.7 Å². The molecule has 0 radical (unpaired) electrons. The molecular weight excluding hydrogens is 310 g/mol. The maximum atomic E-state index is 12.8. The SMILES string of the molecule is Cc1ccn2c(=O)c(C(=O)N(CC(C)C(=O)O)C3CC3)cnc2c1. The summed E-state index contributed by atoms with van der Waals surface area (Å²) < 4.78 is 1.34. The Morgan fingerprint density at radius 3 is 2.79 bits per heavy atom. The van der Waals surface area contributed by atoms with E-state index in [0.29, 0.717) is 5.65 Å². The molecule has 3 rings (SSSR count). The van der Waals surface area contributed by atoms with Crippen molar-refractivity contribution in [1.29, 1.82) is 0 Å². The third-order valence-electron chi connectivity index (χ3n) is 4.24. The number of pyridine rings is 1. The lowest BCUT2D eigenvalue weighted by atomic mass is 10.1. The quantitative estimate of drug-likeness (QED) is 0.893. The molecule has 1 saturated carbocycles. The lowest BCUT2D eigenvalue weighted by Crippen LogP contribution is -2.41. The van der Waals surface area contributed by atoms with Crippen LogP contribution in [-0.2, 0) is 4.79 Å². The number of aryl methyl sites for hydroxylation is 1. The zero-order valence-electron chi connectivity index (χ0n) is 13.6. The molecule has 0 bridgehead atoms. The molecule has 0 aliphatic heterocycles. The summed E-state index contributed by atoms with van der Waals surface area (Å²) >= 11 is 0. The van der Waals surface area contributed by atoms with E-state index in [-0.39, 0.29) is 18.2 Å². The van der Waals surface area contributed by atoms with Crippen molar-refractivity contribution in [2.75, 3.05) is 6.54 Å². The van der Waals surface area contributed by atoms with Crippen LogP contribution in [0.4, 0.5) is 0 Å². The van der Waals surface area contributed by atoms with Crippen LogP contribution in [0, 0.1) is 12.8 Å². The second-order valence-corrected chi connectivity index (χ2v) is 6.34. The highest BCUT2D eigenvalue weighted by Gasteiger charge is 2.36. The van der Waals surface area contributed by atoms with E-state index in [1.165, 1.54) is 15.5 Å². The summed E-state index contributed by atoms with van der Waals surface area (Å²) in [6.45, 7) is 3.54. The maximum Gasteiger partial charge on any atom is 0.308 e. The summed E-state index contributed by atoms with van der Waals surface area (Å²) in [6, 6.07) is 3.55. The van der Waals surface area contributed by atoms with E-state index in [4.69, 9.17) is 5.11 Å². The van der Waals surface area contributed by atoms with Gasteiger partial charge < -0.3 is 10.0 Å². The number of aromatic nitrogens is 2. The fourth-order valence-corrected chi connectivity index (χ4v) is 2.64. The van der Waals surface area contributed by atoms with Crippen LogP contribution in [0.2, 0.25) is 0 Å². The van der Waals surface area contributed by atoms with E-state index in [9.17, 15) is 14.4 Å². The first-order valence-corrected chi connectivity index (χ1v) is 7.90. The molecule has 126 valence electrons. The number of carboxylic acids is 1. The molecule has 0 spiro atoms. The van der Waals surface area contributed by atoms with Gasteiger partial charge in [-0.15, -0.1) is 0 Å². The Morgan fingerprint density at radius 2 is 2.17 bits per heavy atom. The molecule has 1 unspecified atom stereocenters. The average molecular weight is 329 g/mol. The monoisotopic (exact) mass is 329 g/mol. The molecule has 1 aliphatic rings. The van der Waals surface area contributed by atoms with Crippen molar-refractivity contribution in [3.05, 3.63) is 46.0 Å². The van der Waals surface area contributed by atoms with Crippen LogP contribution in [0.1, 0.15) is 35.7 Å². The van der Waals surface area contributed by atoms with Crippen molar-refractivity contribution in [1.82, 2.24) is 14.3 Å². The van der Waals surface area contributed by atoms with Gasteiger partial charge in [-0.3, -0.25) is 18.8 Å². The highest BCUT2D eigenvalue weighted by molar-refractivity contribution is 5.94. The Bertz CT molecular complexity index is 870. The molecule has 2 aromatic heterocycles. The van der Waals surface area contributed by atoms with Gasteiger partial charge in [-0.2, -0.15) is 0 Å². The van der Waals surface area contributed by atoms with Gasteiger partial charge in [0.1, 0.15) is 11.2 Å². The fourth-order valence-electron chi connectivity index (χ4n) is 2.64. The van der Waals surface area contributed by atoms with E-state index < -0.39 is 23.4 Å². The number of nitrogens with zero attached hydrogens (tertiary/aromatic N) is 3. The maximum absolute atomic E-state index is 12.8. The van der Waals surface area contributed by atoms with Crippen LogP contribution in [0.15, 0.2) is 29.3 Å². The predicted molar refractivity (Wildman–Crippen MR) is 87.1 cm³/mol. The Hall–Kier alpha value is -2.70. The van der Waals surface area contributed by atoms with Crippen molar-refractivity contribution >= 4 is 17.5 Å². The van der Waals surface area contributed by atoms with Gasteiger partial charge in [-0.25, -0.2) is 4.98 Å². The number of carbonyl (C=O) groups excluding carboxylic acids is 1. The molecular formula is C17H19N3O4. The Balaban J connectivity index is 1.97. The van der Waals surface area contributed by atoms with E-state index >= 15 is 0 Å². The molecule has 1 N–H and O–H groups in total. The number of fused-ring (bicyclic) bond motifs is 1. The summed E-state index contributed by atoms with van der Waals surface area (Å²) in [5, 5.41) is 9.09. The first-order valence-electron chi connectivity index (χ1n) is 7.90. The summed E-state index contributed by atoms with van der Waals surface area (Å²) in [6.07, 6.45) is 4.55. The van der Waals surface area contributed by atoms with E-state index in [2.05, 4.69) is 4.98 Å². The number of carbonyl (C=O) groups is 2. The number of carboxylic acid groups (broad SMARTS) is 1. The van der Waals surface area contributed by atoms with Crippen LogP contribution >= 0.6 is 0 Å². The molecule has 1 amide bonds. The van der Waals surface area contributed by atoms with Crippen molar-refractivity contribution in [2.24, 2.45) is 5.92 Å². The zero-order valence-corrected chi connectivity index (χ0v) is 13.6. The smallest absolute Gasteiger partial charge is 0.308 e. The van der Waals surface area contributed by atoms with Gasteiger partial charge in [0.15, 0.2) is 0 Å². The van der Waals surface area contributed by atoms with E-state index in [1.807, 2.05) is 6.92 Å². The number of amides is 1. The first kappa shape index (κ1) is 16.2. The molecule has 24 heavy (non-hydrogen) atoms. The van der Waals surface area contributed by atoms with Gasteiger partial charge >= 0.3 is 5.97 Å². The van der Waals surface area contributed by atoms with Crippen LogP contribution in [0.25, 0.3) is 5.65 Å². The zero-order chi connectivity index (χ0) is 17.4. The number of hydrogen-bond donors (Lipinski definition) is 1. The Labute approximate surface area is 138 Å². The number of aliphatic carboxylic acids is 1. The summed E-state index contributed by atoms with van der Waals surface area (Å²) in [4.78, 5) is 42.2. The minimum Gasteiger partial charge on any atom is -0.481 e. The predicted octanol–water partition coefficient (Wildman–Crippen LogP) is 1.33. The van der Waals surface area contributed by atoms with Crippen molar-refractivity contribution in [3.63, 3.8) is 0 Å². The van der Waals surface area contributed by atoms with Gasteiger partial charge in [0.2, 0.25) is 0 Å². The summed E-state index contributed by atoms with van der Waals surface area (Å²) in [7, 11) is 0. The molecule has 2 aromatic rings. The van der Waals surface area contributed by atoms with Gasteiger partial charge in [0.25, 0.3) is 11.5 Å². The second-order valence-electron chi connectivity index (χ2n) is 6.34. The van der Waals surface area contributed by atoms with Gasteiger partial charge in [-0.05, 0) is 37.5 Å². The standard InChI is InChI=1S/C17H19N3O4/c1-10-5-6-19-14(7-10)18-8-13(15(19)21)16(22)20(12-3-4-12)9-11(2)17(23)24/h5-8,11-12H,3-4,9H2,1-2H3,(H,23,24). The minimum absolute atomic E-state index is 0.0115. The molecule has 7 nitrogen and oxygen atoms in total. The summed E-state index contributed by atoms with van der Waals surface area (Å²) in [5.41, 5.74) is 0.990. The van der Waals surface area contributed by atoms with E-state index in [0.717, 1.165) is 18.4 Å². The molecule has 1 fully saturated rings. The average Bonchev–Trinajstić information content (AvgIpc) is 3.36. The van der Waals surface area contributed by atoms with Crippen LogP contribution in [-0.4, -0.2) is 43.9 Å². The number of rotatable bonds is 5. The lowest BCUT2D eigenvalue weighted by Gasteiger charge is -2.24. The highest BCUT2D eigenvalue weighted by atomic mass is 16.4. The second kappa shape index (κ2) is 6.07. The third kappa shape index (κ3) is 3.02. The first-order chi connectivity index (χ1) is 11.4. The Kier molecular flexibility index (Phi) is 4.09. The van der Waals surface area contributed by atoms with Crippen LogP contribution in [0.5, 0.6) is 0 Å². The lowest BCUT2D eigenvalue weighted by molar-refractivity contribution is -0.141. The summed E-state index contributed by atoms with van der Waals surface area (Å²) in [5.74, 6) is -2.09. The fraction of sp³-hybridized carbons (Fsp3) is 0.412. The van der Waals surface area contributed by atoms with Gasteiger partial charge in [0, 0.05) is 25.0 Å². The normalized spacial score (nSPS) is 15.2. The molecule has 0 aromatic carbocycles. The van der Waals surface area contributed by atoms with E-state index in [1.54, 1.807) is 25.3 Å². The number of hydrogen-bond acceptors (Lipinski definition) is 4. The molecule has 1 aliphatic carbocycles. The van der Waals surface area contributed by atoms with Gasteiger partial charge in [0.05, 0.1) is 5.92 Å². The largest absolute Gasteiger partial charge is 0.481 e. The van der Waals surface area contributed by atoms with Crippen LogP contribution < -0.4 is 5.56 Å². The highest BCUT2D eigenvalue weighted by Crippen LogP contribution is 2.28. The Morgan fingerprint density at radius 1 is 1.46 bits per heavy atom. The molecule has 2 heterocycles. The van der Waals surface area contributed by atoms with Crippen LogP contribution in [0.3, 0.4) is 0 Å². The topological polar surface area (TPSA) is 92.0 Å². The minimum atomic E-state index is -0.961. The molecule has 7 heteroatoms.